The molecular formula is C28H28FN5O7. The molecule has 12 nitrogen and oxygen atoms in total. The molecule has 0 aliphatic carbocycles. The molecule has 0 aliphatic heterocycles. The molecule has 3 aromatic rings. The molecule has 13 heteroatoms. The van der Waals surface area contributed by atoms with Crippen molar-refractivity contribution in [1.29, 1.82) is 0 Å². The van der Waals surface area contributed by atoms with Crippen molar-refractivity contribution in [3.05, 3.63) is 63.3 Å². The number of benzene rings is 1. The fourth-order valence-corrected chi connectivity index (χ4v) is 3.36. The lowest BCUT2D eigenvalue weighted by atomic mass is 9.96. The predicted molar refractivity (Wildman–Crippen MR) is 145 cm³/mol. The van der Waals surface area contributed by atoms with Gasteiger partial charge in [-0.25, -0.2) is 14.2 Å². The lowest BCUT2D eigenvalue weighted by Gasteiger charge is -2.16. The number of carbonyl (C=O) groups is 4. The molecule has 0 saturated heterocycles. The number of nitrogens with one attached hydrogen (secondary N) is 3. The van der Waals surface area contributed by atoms with Crippen LogP contribution in [-0.2, 0) is 23.9 Å². The van der Waals surface area contributed by atoms with E-state index in [0.717, 1.165) is 13.2 Å². The largest absolute Gasteiger partial charge is 0.469 e. The fourth-order valence-electron chi connectivity index (χ4n) is 3.36. The van der Waals surface area contributed by atoms with Crippen LogP contribution in [0.3, 0.4) is 0 Å². The number of aromatic amines is 1. The van der Waals surface area contributed by atoms with Gasteiger partial charge in [-0.3, -0.25) is 29.5 Å². The molecule has 1 aromatic carbocycles. The number of aromatic nitrogens is 3. The van der Waals surface area contributed by atoms with Crippen LogP contribution < -0.4 is 16.2 Å². The summed E-state index contributed by atoms with van der Waals surface area (Å²) < 4.78 is 23.7. The standard InChI is InChI=1S/C28H28FN5O7/c1-28(2,3)26(39)34-27-32-22-18(24(37)33-27)13-16(14-30-22)7-6-15-8-9-19(29)17(12-15)23(36)31-20(25(38)41-5)10-11-21(35)40-4/h8-9,12-14,20H,10-11H2,1-5H3,(H,31,36)(H2,30,32,33,34,37,39)/t20-/m0/s1. The Balaban J connectivity index is 1.83. The average molecular weight is 566 g/mol. The molecule has 2 amide bonds. The third kappa shape index (κ3) is 7.95. The third-order valence-electron chi connectivity index (χ3n) is 5.69. The molecule has 0 bridgehead atoms. The molecule has 2 aromatic heterocycles. The molecule has 3 N–H and O–H groups in total. The van der Waals surface area contributed by atoms with Crippen LogP contribution in [0.2, 0.25) is 0 Å². The van der Waals surface area contributed by atoms with Crippen molar-refractivity contribution >= 4 is 40.7 Å². The first-order chi connectivity index (χ1) is 19.3. The summed E-state index contributed by atoms with van der Waals surface area (Å²) in [5.41, 5.74) is -0.936. The fraction of sp³-hybridized carbons (Fsp3) is 0.321. The third-order valence-corrected chi connectivity index (χ3v) is 5.69. The van der Waals surface area contributed by atoms with Crippen molar-refractivity contribution in [2.45, 2.75) is 39.7 Å². The van der Waals surface area contributed by atoms with Crippen molar-refractivity contribution in [3.8, 4) is 11.8 Å². The number of anilines is 1. The lowest BCUT2D eigenvalue weighted by molar-refractivity contribution is -0.144. The molecule has 0 spiro atoms. The molecule has 0 saturated carbocycles. The van der Waals surface area contributed by atoms with Gasteiger partial charge >= 0.3 is 11.9 Å². The monoisotopic (exact) mass is 565 g/mol. The Labute approximate surface area is 234 Å². The molecule has 0 unspecified atom stereocenters. The Morgan fingerprint density at radius 1 is 1.07 bits per heavy atom. The van der Waals surface area contributed by atoms with Gasteiger partial charge in [-0.1, -0.05) is 32.6 Å². The van der Waals surface area contributed by atoms with E-state index in [4.69, 9.17) is 0 Å². The zero-order valence-corrected chi connectivity index (χ0v) is 23.0. The summed E-state index contributed by atoms with van der Waals surface area (Å²) >= 11 is 0. The maximum atomic E-state index is 14.5. The number of ether oxygens (including phenoxy) is 2. The van der Waals surface area contributed by atoms with Crippen LogP contribution in [0.4, 0.5) is 10.3 Å². The summed E-state index contributed by atoms with van der Waals surface area (Å²) in [6.07, 6.45) is 1.09. The Bertz CT molecular complexity index is 1630. The highest BCUT2D eigenvalue weighted by Crippen LogP contribution is 2.16. The van der Waals surface area contributed by atoms with Crippen LogP contribution in [0.25, 0.3) is 11.0 Å². The maximum absolute atomic E-state index is 14.5. The summed E-state index contributed by atoms with van der Waals surface area (Å²) in [7, 11) is 2.30. The van der Waals surface area contributed by atoms with Gasteiger partial charge in [-0.15, -0.1) is 0 Å². The number of nitrogens with zero attached hydrogens (tertiary/aromatic N) is 2. The molecule has 1 atom stereocenters. The molecule has 3 rings (SSSR count). The molecule has 2 heterocycles. The minimum absolute atomic E-state index is 0.0365. The van der Waals surface area contributed by atoms with E-state index in [9.17, 15) is 28.4 Å². The van der Waals surface area contributed by atoms with Crippen LogP contribution in [0.1, 0.15) is 55.1 Å². The van der Waals surface area contributed by atoms with Gasteiger partial charge in [0.25, 0.3) is 11.5 Å². The van der Waals surface area contributed by atoms with E-state index in [0.29, 0.717) is 5.56 Å². The smallest absolute Gasteiger partial charge is 0.328 e. The molecule has 41 heavy (non-hydrogen) atoms. The number of methoxy groups -OCH3 is 2. The molecule has 0 radical (unpaired) electrons. The first kappa shape index (κ1) is 30.4. The summed E-state index contributed by atoms with van der Waals surface area (Å²) in [5, 5.41) is 5.04. The summed E-state index contributed by atoms with van der Waals surface area (Å²) in [6, 6.07) is 3.83. The zero-order chi connectivity index (χ0) is 30.3. The van der Waals surface area contributed by atoms with Gasteiger partial charge < -0.3 is 14.8 Å². The van der Waals surface area contributed by atoms with Gasteiger partial charge in [-0.05, 0) is 30.7 Å². The van der Waals surface area contributed by atoms with Gasteiger partial charge in [-0.2, -0.15) is 4.98 Å². The van der Waals surface area contributed by atoms with Crippen molar-refractivity contribution in [1.82, 2.24) is 20.3 Å². The van der Waals surface area contributed by atoms with Crippen LogP contribution in [0.15, 0.2) is 35.3 Å². The molecule has 214 valence electrons. The highest BCUT2D eigenvalue weighted by atomic mass is 19.1. The quantitative estimate of drug-likeness (QED) is 0.287. The number of hydrogen-bond donors (Lipinski definition) is 3. The van der Waals surface area contributed by atoms with Gasteiger partial charge in [0.2, 0.25) is 11.9 Å². The number of esters is 2. The summed E-state index contributed by atoms with van der Waals surface area (Å²) in [5.74, 6) is 2.03. The van der Waals surface area contributed by atoms with Crippen LogP contribution in [0.5, 0.6) is 0 Å². The van der Waals surface area contributed by atoms with E-state index in [1.807, 2.05) is 0 Å². The Morgan fingerprint density at radius 3 is 2.44 bits per heavy atom. The van der Waals surface area contributed by atoms with Gasteiger partial charge in [0, 0.05) is 29.2 Å². The van der Waals surface area contributed by atoms with Crippen molar-refractivity contribution in [2.75, 3.05) is 19.5 Å². The van der Waals surface area contributed by atoms with E-state index < -0.39 is 40.7 Å². The Hall–Kier alpha value is -5.12. The highest BCUT2D eigenvalue weighted by molar-refractivity contribution is 5.97. The number of rotatable bonds is 7. The van der Waals surface area contributed by atoms with Gasteiger partial charge in [0.05, 0.1) is 25.2 Å². The van der Waals surface area contributed by atoms with E-state index in [1.165, 1.54) is 31.5 Å². The van der Waals surface area contributed by atoms with Crippen LogP contribution in [-0.4, -0.2) is 59.0 Å². The number of halogens is 1. The number of hydrogen-bond acceptors (Lipinski definition) is 9. The Morgan fingerprint density at radius 2 is 1.78 bits per heavy atom. The molecule has 0 fully saturated rings. The number of amides is 2. The topological polar surface area (TPSA) is 169 Å². The first-order valence-electron chi connectivity index (χ1n) is 12.3. The number of H-pyrrole nitrogens is 1. The Kier molecular flexibility index (Phi) is 9.51. The number of pyridine rings is 1. The van der Waals surface area contributed by atoms with E-state index in [-0.39, 0.29) is 46.9 Å². The maximum Gasteiger partial charge on any atom is 0.328 e. The van der Waals surface area contributed by atoms with E-state index in [1.54, 1.807) is 20.8 Å². The summed E-state index contributed by atoms with van der Waals surface area (Å²) in [4.78, 5) is 71.9. The van der Waals surface area contributed by atoms with Crippen molar-refractivity contribution in [3.63, 3.8) is 0 Å². The minimum Gasteiger partial charge on any atom is -0.469 e. The normalized spacial score (nSPS) is 11.6. The number of fused-ring (bicyclic) bond motifs is 1. The number of carbonyl (C=O) groups excluding carboxylic acids is 4. The van der Waals surface area contributed by atoms with E-state index >= 15 is 0 Å². The first-order valence-corrected chi connectivity index (χ1v) is 12.3. The van der Waals surface area contributed by atoms with Gasteiger partial charge in [0.1, 0.15) is 11.9 Å². The SMILES string of the molecule is COC(=O)CC[C@H](NC(=O)c1cc(C#Cc2cnc3nc(NC(=O)C(C)(C)C)[nH]c(=O)c3c2)ccc1F)C(=O)OC. The minimum atomic E-state index is -1.21. The van der Waals surface area contributed by atoms with Crippen molar-refractivity contribution in [2.24, 2.45) is 5.41 Å². The molecular weight excluding hydrogens is 537 g/mol. The predicted octanol–water partition coefficient (Wildman–Crippen LogP) is 2.07. The molecule has 0 aliphatic rings. The average Bonchev–Trinajstić information content (AvgIpc) is 2.93. The second-order valence-corrected chi connectivity index (χ2v) is 9.82. The lowest BCUT2D eigenvalue weighted by Crippen LogP contribution is -2.42. The van der Waals surface area contributed by atoms with Crippen LogP contribution >= 0.6 is 0 Å². The van der Waals surface area contributed by atoms with E-state index in [2.05, 4.69) is 46.9 Å². The van der Waals surface area contributed by atoms with Crippen LogP contribution in [0, 0.1) is 23.1 Å². The van der Waals surface area contributed by atoms with Gasteiger partial charge in [0.15, 0.2) is 5.65 Å². The highest BCUT2D eigenvalue weighted by Gasteiger charge is 2.25. The zero-order valence-electron chi connectivity index (χ0n) is 23.0. The van der Waals surface area contributed by atoms with Crippen molar-refractivity contribution < 1.29 is 33.0 Å². The second kappa shape index (κ2) is 12.8. The second-order valence-electron chi connectivity index (χ2n) is 9.82. The summed E-state index contributed by atoms with van der Waals surface area (Å²) in [6.45, 7) is 5.15.